The van der Waals surface area contributed by atoms with Gasteiger partial charge in [-0.25, -0.2) is 4.98 Å². The predicted molar refractivity (Wildman–Crippen MR) is 163 cm³/mol. The summed E-state index contributed by atoms with van der Waals surface area (Å²) in [5, 5.41) is 12.4. The van der Waals surface area contributed by atoms with Crippen LogP contribution < -0.4 is 10.5 Å². The van der Waals surface area contributed by atoms with E-state index in [0.717, 1.165) is 46.4 Å². The zero-order valence-electron chi connectivity index (χ0n) is 19.4. The van der Waals surface area contributed by atoms with Gasteiger partial charge in [-0.15, -0.1) is 0 Å². The van der Waals surface area contributed by atoms with Crippen molar-refractivity contribution in [1.82, 2.24) is 4.98 Å². The van der Waals surface area contributed by atoms with Gasteiger partial charge in [-0.2, -0.15) is 5.26 Å². The molecular formula is C30H21I2N3O. The highest BCUT2D eigenvalue weighted by atomic mass is 127. The summed E-state index contributed by atoms with van der Waals surface area (Å²) < 4.78 is 8.28. The molecule has 0 aliphatic carbocycles. The molecule has 2 N–H and O–H groups in total. The van der Waals surface area contributed by atoms with Gasteiger partial charge in [-0.1, -0.05) is 72.8 Å². The number of rotatable bonds is 5. The summed E-state index contributed by atoms with van der Waals surface area (Å²) in [6, 6.07) is 31.0. The third-order valence-corrected chi connectivity index (χ3v) is 7.72. The Morgan fingerprint density at radius 1 is 0.861 bits per heavy atom. The van der Waals surface area contributed by atoms with Crippen molar-refractivity contribution in [2.45, 2.75) is 13.5 Å². The summed E-state index contributed by atoms with van der Waals surface area (Å²) in [5.41, 5.74) is 12.1. The number of hydrogen-bond acceptors (Lipinski definition) is 4. The van der Waals surface area contributed by atoms with Crippen LogP contribution in [-0.2, 0) is 6.61 Å². The highest BCUT2D eigenvalue weighted by Crippen LogP contribution is 2.42. The van der Waals surface area contributed by atoms with Gasteiger partial charge in [0.1, 0.15) is 29.8 Å². The summed E-state index contributed by atoms with van der Waals surface area (Å²) in [6.45, 7) is 2.40. The summed E-state index contributed by atoms with van der Waals surface area (Å²) in [7, 11) is 0. The minimum absolute atomic E-state index is 0.242. The molecule has 0 saturated carbocycles. The van der Waals surface area contributed by atoms with Gasteiger partial charge in [-0.05, 0) is 91.7 Å². The highest BCUT2D eigenvalue weighted by Gasteiger charge is 2.21. The first-order valence-corrected chi connectivity index (χ1v) is 13.5. The van der Waals surface area contributed by atoms with E-state index >= 15 is 0 Å². The minimum atomic E-state index is 0.242. The van der Waals surface area contributed by atoms with Crippen LogP contribution in [-0.4, -0.2) is 4.98 Å². The molecule has 0 fully saturated rings. The van der Waals surface area contributed by atoms with E-state index < -0.39 is 0 Å². The smallest absolute Gasteiger partial charge is 0.146 e. The number of anilines is 1. The molecule has 0 aliphatic heterocycles. The zero-order chi connectivity index (χ0) is 25.2. The zero-order valence-corrected chi connectivity index (χ0v) is 23.7. The fourth-order valence-electron chi connectivity index (χ4n) is 4.50. The van der Waals surface area contributed by atoms with Crippen molar-refractivity contribution in [1.29, 1.82) is 5.26 Å². The van der Waals surface area contributed by atoms with Gasteiger partial charge in [0.15, 0.2) is 0 Å². The number of fused-ring (bicyclic) bond motifs is 1. The maximum Gasteiger partial charge on any atom is 0.146 e. The minimum Gasteiger partial charge on any atom is -0.487 e. The standard InChI is InChI=1S/C30H21I2N3O/c1-18-27(20-9-3-2-4-10-20)28(24(16-33)30(34)35-18)22-14-25(31)29(26(32)15-22)36-17-21-12-7-11-19-8-5-6-13-23(19)21/h2-15H,17H2,1H3,(H2,34,35). The predicted octanol–water partition coefficient (Wildman–Crippen LogP) is 8.12. The van der Waals surface area contributed by atoms with Crippen LogP contribution in [0.5, 0.6) is 5.75 Å². The van der Waals surface area contributed by atoms with Crippen LogP contribution in [0.25, 0.3) is 33.0 Å². The van der Waals surface area contributed by atoms with Crippen molar-refractivity contribution in [3.8, 4) is 34.1 Å². The molecule has 0 unspecified atom stereocenters. The monoisotopic (exact) mass is 693 g/mol. The first-order valence-electron chi connectivity index (χ1n) is 11.3. The second-order valence-electron chi connectivity index (χ2n) is 8.38. The lowest BCUT2D eigenvalue weighted by Gasteiger charge is -2.18. The Kier molecular flexibility index (Phi) is 7.12. The Labute approximate surface area is 237 Å². The summed E-state index contributed by atoms with van der Waals surface area (Å²) >= 11 is 4.61. The quantitative estimate of drug-likeness (QED) is 0.189. The van der Waals surface area contributed by atoms with Crippen LogP contribution >= 0.6 is 45.2 Å². The van der Waals surface area contributed by atoms with Crippen molar-refractivity contribution < 1.29 is 4.74 Å². The van der Waals surface area contributed by atoms with E-state index in [1.807, 2.05) is 49.4 Å². The second-order valence-corrected chi connectivity index (χ2v) is 10.7. The lowest BCUT2D eigenvalue weighted by atomic mass is 9.90. The first-order chi connectivity index (χ1) is 17.5. The van der Waals surface area contributed by atoms with E-state index in [4.69, 9.17) is 10.5 Å². The third kappa shape index (κ3) is 4.65. The Hall–Kier alpha value is -3.16. The normalized spacial score (nSPS) is 10.8. The molecule has 0 spiro atoms. The summed E-state index contributed by atoms with van der Waals surface area (Å²) in [4.78, 5) is 4.48. The fraction of sp³-hybridized carbons (Fsp3) is 0.0667. The van der Waals surface area contributed by atoms with E-state index in [-0.39, 0.29) is 5.82 Å². The summed E-state index contributed by atoms with van der Waals surface area (Å²) in [5.74, 6) is 1.07. The molecule has 5 rings (SSSR count). The largest absolute Gasteiger partial charge is 0.487 e. The molecule has 5 aromatic rings. The lowest BCUT2D eigenvalue weighted by molar-refractivity contribution is 0.303. The molecule has 0 radical (unpaired) electrons. The van der Waals surface area contributed by atoms with Crippen LogP contribution in [0.15, 0.2) is 84.9 Å². The van der Waals surface area contributed by atoms with Gasteiger partial charge in [0, 0.05) is 16.8 Å². The molecule has 0 saturated heterocycles. The molecule has 0 aliphatic rings. The van der Waals surface area contributed by atoms with Crippen LogP contribution in [0.4, 0.5) is 5.82 Å². The highest BCUT2D eigenvalue weighted by molar-refractivity contribution is 14.1. The molecule has 36 heavy (non-hydrogen) atoms. The second kappa shape index (κ2) is 10.4. The van der Waals surface area contributed by atoms with Gasteiger partial charge in [0.2, 0.25) is 0 Å². The number of hydrogen-bond donors (Lipinski definition) is 1. The molecule has 6 heteroatoms. The van der Waals surface area contributed by atoms with E-state index in [1.54, 1.807) is 0 Å². The SMILES string of the molecule is Cc1nc(N)c(C#N)c(-c2cc(I)c(OCc3cccc4ccccc34)c(I)c2)c1-c1ccccc1. The Bertz CT molecular complexity index is 1610. The molecule has 1 aromatic heterocycles. The van der Waals surface area contributed by atoms with Crippen molar-refractivity contribution >= 4 is 61.8 Å². The van der Waals surface area contributed by atoms with Crippen LogP contribution in [0, 0.1) is 25.4 Å². The molecular weight excluding hydrogens is 672 g/mol. The van der Waals surface area contributed by atoms with Crippen LogP contribution in [0.1, 0.15) is 16.8 Å². The number of aromatic nitrogens is 1. The van der Waals surface area contributed by atoms with Crippen molar-refractivity contribution in [2.24, 2.45) is 0 Å². The Morgan fingerprint density at radius 2 is 1.53 bits per heavy atom. The number of nitriles is 1. The summed E-state index contributed by atoms with van der Waals surface area (Å²) in [6.07, 6.45) is 0. The van der Waals surface area contributed by atoms with E-state index in [2.05, 4.69) is 98.7 Å². The number of benzene rings is 4. The van der Waals surface area contributed by atoms with Crippen LogP contribution in [0.3, 0.4) is 0 Å². The van der Waals surface area contributed by atoms with Gasteiger partial charge < -0.3 is 10.5 Å². The average Bonchev–Trinajstić information content (AvgIpc) is 2.88. The average molecular weight is 693 g/mol. The molecule has 0 amide bonds. The number of ether oxygens (including phenoxy) is 1. The van der Waals surface area contributed by atoms with Gasteiger partial charge >= 0.3 is 0 Å². The van der Waals surface area contributed by atoms with Gasteiger partial charge in [-0.3, -0.25) is 0 Å². The maximum atomic E-state index is 10.0. The van der Waals surface area contributed by atoms with E-state index in [0.29, 0.717) is 12.2 Å². The number of halogens is 2. The van der Waals surface area contributed by atoms with Gasteiger partial charge in [0.25, 0.3) is 0 Å². The number of nitrogen functional groups attached to an aromatic ring is 1. The maximum absolute atomic E-state index is 10.0. The van der Waals surface area contributed by atoms with Crippen LogP contribution in [0.2, 0.25) is 0 Å². The number of aryl methyl sites for hydroxylation is 1. The van der Waals surface area contributed by atoms with Crippen molar-refractivity contribution in [2.75, 3.05) is 5.73 Å². The Morgan fingerprint density at radius 3 is 2.25 bits per heavy atom. The van der Waals surface area contributed by atoms with Gasteiger partial charge in [0.05, 0.1) is 7.14 Å². The van der Waals surface area contributed by atoms with Crippen molar-refractivity contribution in [3.05, 3.63) is 109 Å². The topological polar surface area (TPSA) is 71.9 Å². The molecule has 0 atom stereocenters. The molecule has 0 bridgehead atoms. The number of pyridine rings is 1. The molecule has 1 heterocycles. The molecule has 176 valence electrons. The van der Waals surface area contributed by atoms with E-state index in [9.17, 15) is 5.26 Å². The van der Waals surface area contributed by atoms with Crippen molar-refractivity contribution in [3.63, 3.8) is 0 Å². The fourth-order valence-corrected chi connectivity index (χ4v) is 6.58. The molecule has 4 nitrogen and oxygen atoms in total. The molecule has 4 aromatic carbocycles. The third-order valence-electron chi connectivity index (χ3n) is 6.12. The lowest BCUT2D eigenvalue weighted by Crippen LogP contribution is -2.04. The number of nitrogens with two attached hydrogens (primary N) is 1. The first kappa shape index (κ1) is 24.5. The number of nitrogens with zero attached hydrogens (tertiary/aromatic N) is 2. The Balaban J connectivity index is 1.59. The van der Waals surface area contributed by atoms with E-state index in [1.165, 1.54) is 10.8 Å².